The minimum atomic E-state index is -0.561. The summed E-state index contributed by atoms with van der Waals surface area (Å²) in [6.07, 6.45) is 1.16. The van der Waals surface area contributed by atoms with Crippen LogP contribution in [0.1, 0.15) is 26.3 Å². The summed E-state index contributed by atoms with van der Waals surface area (Å²) >= 11 is 3.43. The van der Waals surface area contributed by atoms with Crippen molar-refractivity contribution in [2.24, 2.45) is 0 Å². The third kappa shape index (κ3) is 2.82. The van der Waals surface area contributed by atoms with Crippen molar-refractivity contribution in [1.29, 1.82) is 0 Å². The zero-order valence-corrected chi connectivity index (χ0v) is 12.7. The molecule has 0 saturated heterocycles. The maximum Gasteiger partial charge on any atom is 0.419 e. The molecule has 0 aliphatic carbocycles. The lowest BCUT2D eigenvalue weighted by Crippen LogP contribution is -2.26. The summed E-state index contributed by atoms with van der Waals surface area (Å²) in [6.45, 7) is 5.33. The second-order valence-corrected chi connectivity index (χ2v) is 6.15. The Bertz CT molecular complexity index is 625. The van der Waals surface area contributed by atoms with Gasteiger partial charge in [-0.1, -0.05) is 12.1 Å². The standard InChI is InChI=1S/C14H16BrNO3/c1-14(2,3)19-13(18)16-7-9(8-17)10-5-4-6-11(15)12(10)16/h4-7,17H,8H2,1-3H3. The highest BCUT2D eigenvalue weighted by atomic mass is 79.9. The second-order valence-electron chi connectivity index (χ2n) is 5.30. The molecule has 0 saturated carbocycles. The number of aliphatic hydroxyl groups is 1. The van der Waals surface area contributed by atoms with Gasteiger partial charge >= 0.3 is 6.09 Å². The lowest BCUT2D eigenvalue weighted by atomic mass is 10.2. The molecule has 1 aromatic carbocycles. The Labute approximate surface area is 120 Å². The second kappa shape index (κ2) is 4.98. The summed E-state index contributed by atoms with van der Waals surface area (Å²) in [5.74, 6) is 0. The van der Waals surface area contributed by atoms with Crippen molar-refractivity contribution in [3.63, 3.8) is 0 Å². The number of carbonyl (C=O) groups is 1. The first kappa shape index (κ1) is 14.1. The van der Waals surface area contributed by atoms with Crippen LogP contribution in [0.25, 0.3) is 10.9 Å². The average molecular weight is 326 g/mol. The van der Waals surface area contributed by atoms with E-state index in [1.165, 1.54) is 4.57 Å². The molecule has 1 N–H and O–H groups in total. The largest absolute Gasteiger partial charge is 0.443 e. The highest BCUT2D eigenvalue weighted by Gasteiger charge is 2.21. The molecule has 0 fully saturated rings. The van der Waals surface area contributed by atoms with Crippen LogP contribution in [0.4, 0.5) is 4.79 Å². The van der Waals surface area contributed by atoms with Crippen LogP contribution in [0.15, 0.2) is 28.9 Å². The summed E-state index contributed by atoms with van der Waals surface area (Å²) in [5, 5.41) is 10.2. The summed E-state index contributed by atoms with van der Waals surface area (Å²) in [5.41, 5.74) is 0.844. The highest BCUT2D eigenvalue weighted by molar-refractivity contribution is 9.10. The molecule has 0 aliphatic heterocycles. The lowest BCUT2D eigenvalue weighted by molar-refractivity contribution is 0.0544. The summed E-state index contributed by atoms with van der Waals surface area (Å²) in [7, 11) is 0. The third-order valence-electron chi connectivity index (χ3n) is 2.62. The first-order valence-electron chi connectivity index (χ1n) is 5.96. The van der Waals surface area contributed by atoms with E-state index in [1.54, 1.807) is 6.20 Å². The number of rotatable bonds is 1. The lowest BCUT2D eigenvalue weighted by Gasteiger charge is -2.19. The van der Waals surface area contributed by atoms with Gasteiger partial charge in [0.25, 0.3) is 0 Å². The Morgan fingerprint density at radius 2 is 2.11 bits per heavy atom. The third-order valence-corrected chi connectivity index (χ3v) is 3.26. The number of halogens is 1. The molecule has 1 heterocycles. The van der Waals surface area contributed by atoms with Gasteiger partial charge in [0.05, 0.1) is 12.1 Å². The first-order valence-corrected chi connectivity index (χ1v) is 6.75. The molecule has 0 atom stereocenters. The summed E-state index contributed by atoms with van der Waals surface area (Å²) in [6, 6.07) is 5.59. The van der Waals surface area contributed by atoms with Crippen LogP contribution < -0.4 is 0 Å². The van der Waals surface area contributed by atoms with E-state index in [-0.39, 0.29) is 6.61 Å². The van der Waals surface area contributed by atoms with Gasteiger partial charge in [0, 0.05) is 21.6 Å². The number of fused-ring (bicyclic) bond motifs is 1. The number of aromatic nitrogens is 1. The number of ether oxygens (including phenoxy) is 1. The molecule has 0 bridgehead atoms. The molecule has 0 amide bonds. The number of para-hydroxylation sites is 1. The van der Waals surface area contributed by atoms with Crippen molar-refractivity contribution < 1.29 is 14.6 Å². The van der Waals surface area contributed by atoms with Crippen molar-refractivity contribution >= 4 is 32.9 Å². The topological polar surface area (TPSA) is 51.5 Å². The zero-order chi connectivity index (χ0) is 14.2. The van der Waals surface area contributed by atoms with Crippen molar-refractivity contribution in [2.45, 2.75) is 33.0 Å². The van der Waals surface area contributed by atoms with Crippen LogP contribution in [0.3, 0.4) is 0 Å². The molecule has 2 aromatic rings. The van der Waals surface area contributed by atoms with Crippen LogP contribution in [0.2, 0.25) is 0 Å². The van der Waals surface area contributed by atoms with E-state index in [0.29, 0.717) is 11.1 Å². The molecule has 2 rings (SSSR count). The average Bonchev–Trinajstić information content (AvgIpc) is 2.67. The molecule has 5 heteroatoms. The van der Waals surface area contributed by atoms with E-state index in [4.69, 9.17) is 4.74 Å². The van der Waals surface area contributed by atoms with Crippen LogP contribution in [-0.4, -0.2) is 21.4 Å². The molecule has 0 unspecified atom stereocenters. The predicted octanol–water partition coefficient (Wildman–Crippen LogP) is 3.68. The first-order chi connectivity index (χ1) is 8.83. The van der Waals surface area contributed by atoms with Gasteiger partial charge in [-0.05, 0) is 42.8 Å². The van der Waals surface area contributed by atoms with E-state index in [0.717, 1.165) is 9.86 Å². The molecular formula is C14H16BrNO3. The summed E-state index contributed by atoms with van der Waals surface area (Å²) in [4.78, 5) is 12.2. The Hall–Kier alpha value is -1.33. The maximum atomic E-state index is 12.2. The van der Waals surface area contributed by atoms with E-state index >= 15 is 0 Å². The van der Waals surface area contributed by atoms with Gasteiger partial charge in [-0.3, -0.25) is 4.57 Å². The monoisotopic (exact) mass is 325 g/mol. The molecule has 0 radical (unpaired) electrons. The number of hydrogen-bond donors (Lipinski definition) is 1. The normalized spacial score (nSPS) is 11.8. The SMILES string of the molecule is CC(C)(C)OC(=O)n1cc(CO)c2cccc(Br)c21. The van der Waals surface area contributed by atoms with Gasteiger partial charge in [-0.25, -0.2) is 4.79 Å². The van der Waals surface area contributed by atoms with Gasteiger partial charge in [-0.15, -0.1) is 0 Å². The Balaban J connectivity index is 2.58. The Morgan fingerprint density at radius 3 is 2.68 bits per heavy atom. The number of aliphatic hydroxyl groups excluding tert-OH is 1. The van der Waals surface area contributed by atoms with Gasteiger partial charge < -0.3 is 9.84 Å². The van der Waals surface area contributed by atoms with Crippen LogP contribution in [-0.2, 0) is 11.3 Å². The minimum absolute atomic E-state index is 0.122. The smallest absolute Gasteiger partial charge is 0.419 e. The van der Waals surface area contributed by atoms with Crippen LogP contribution >= 0.6 is 15.9 Å². The molecule has 0 spiro atoms. The maximum absolute atomic E-state index is 12.2. The highest BCUT2D eigenvalue weighted by Crippen LogP contribution is 2.29. The van der Waals surface area contributed by atoms with E-state index < -0.39 is 11.7 Å². The molecule has 19 heavy (non-hydrogen) atoms. The quantitative estimate of drug-likeness (QED) is 0.870. The van der Waals surface area contributed by atoms with Crippen molar-refractivity contribution in [3.8, 4) is 0 Å². The van der Waals surface area contributed by atoms with E-state index in [1.807, 2.05) is 39.0 Å². The van der Waals surface area contributed by atoms with E-state index in [2.05, 4.69) is 15.9 Å². The number of hydrogen-bond acceptors (Lipinski definition) is 3. The fourth-order valence-corrected chi connectivity index (χ4v) is 2.45. The predicted molar refractivity (Wildman–Crippen MR) is 77.2 cm³/mol. The van der Waals surface area contributed by atoms with Crippen molar-refractivity contribution in [2.75, 3.05) is 0 Å². The van der Waals surface area contributed by atoms with Gasteiger partial charge in [0.1, 0.15) is 5.60 Å². The number of nitrogens with zero attached hydrogens (tertiary/aromatic N) is 1. The number of carbonyl (C=O) groups excluding carboxylic acids is 1. The Morgan fingerprint density at radius 1 is 1.42 bits per heavy atom. The number of benzene rings is 1. The fraction of sp³-hybridized carbons (Fsp3) is 0.357. The van der Waals surface area contributed by atoms with Gasteiger partial charge in [0.15, 0.2) is 0 Å². The van der Waals surface area contributed by atoms with Crippen LogP contribution in [0.5, 0.6) is 0 Å². The molecule has 0 aliphatic rings. The van der Waals surface area contributed by atoms with Gasteiger partial charge in [-0.2, -0.15) is 0 Å². The fourth-order valence-electron chi connectivity index (χ4n) is 1.89. The molecular weight excluding hydrogens is 310 g/mol. The molecule has 4 nitrogen and oxygen atoms in total. The van der Waals surface area contributed by atoms with E-state index in [9.17, 15) is 9.90 Å². The Kier molecular flexibility index (Phi) is 3.69. The zero-order valence-electron chi connectivity index (χ0n) is 11.1. The molecule has 102 valence electrons. The van der Waals surface area contributed by atoms with Crippen molar-refractivity contribution in [3.05, 3.63) is 34.4 Å². The minimum Gasteiger partial charge on any atom is -0.443 e. The van der Waals surface area contributed by atoms with Crippen LogP contribution in [0, 0.1) is 0 Å². The van der Waals surface area contributed by atoms with Gasteiger partial charge in [0.2, 0.25) is 0 Å². The van der Waals surface area contributed by atoms with Crippen molar-refractivity contribution in [1.82, 2.24) is 4.57 Å². The molecule has 1 aromatic heterocycles. The summed E-state index contributed by atoms with van der Waals surface area (Å²) < 4.78 is 7.58.